The summed E-state index contributed by atoms with van der Waals surface area (Å²) in [6, 6.07) is 3.98. The fraction of sp³-hybridized carbons (Fsp3) is 0.625. The molecule has 1 unspecified atom stereocenters. The van der Waals surface area contributed by atoms with Crippen molar-refractivity contribution in [2.75, 3.05) is 26.5 Å². The van der Waals surface area contributed by atoms with Crippen molar-refractivity contribution in [1.29, 1.82) is 0 Å². The van der Waals surface area contributed by atoms with Gasteiger partial charge in [-0.25, -0.2) is 13.1 Å². The Morgan fingerprint density at radius 3 is 2.55 bits per heavy atom. The van der Waals surface area contributed by atoms with Gasteiger partial charge in [0.25, 0.3) is 0 Å². The number of fused-ring (bicyclic) bond motifs is 1. The molecule has 2 rings (SSSR count). The molecule has 0 heterocycles. The molecule has 124 valence electrons. The first-order valence-corrected chi connectivity index (χ1v) is 9.38. The van der Waals surface area contributed by atoms with E-state index in [2.05, 4.69) is 4.72 Å². The monoisotopic (exact) mass is 327 g/mol. The topological polar surface area (TPSA) is 64.6 Å². The molecular formula is C16H25NO4S. The minimum atomic E-state index is -3.17. The largest absolute Gasteiger partial charge is 0.493 e. The Kier molecular flexibility index (Phi) is 5.69. The van der Waals surface area contributed by atoms with Crippen LogP contribution in [-0.4, -0.2) is 34.9 Å². The Morgan fingerprint density at radius 2 is 1.91 bits per heavy atom. The van der Waals surface area contributed by atoms with Crippen LogP contribution in [0.2, 0.25) is 0 Å². The average Bonchev–Trinajstić information content (AvgIpc) is 2.91. The van der Waals surface area contributed by atoms with Gasteiger partial charge in [-0.05, 0) is 48.4 Å². The number of hydrogen-bond acceptors (Lipinski definition) is 4. The number of aryl methyl sites for hydroxylation is 1. The van der Waals surface area contributed by atoms with Gasteiger partial charge < -0.3 is 9.47 Å². The number of rotatable bonds is 8. The summed E-state index contributed by atoms with van der Waals surface area (Å²) in [6.07, 6.45) is 3.46. The van der Waals surface area contributed by atoms with Gasteiger partial charge in [0.15, 0.2) is 11.5 Å². The van der Waals surface area contributed by atoms with E-state index >= 15 is 0 Å². The molecule has 22 heavy (non-hydrogen) atoms. The molecule has 0 saturated heterocycles. The fourth-order valence-electron chi connectivity index (χ4n) is 2.86. The van der Waals surface area contributed by atoms with E-state index < -0.39 is 10.0 Å². The number of benzene rings is 1. The molecule has 0 aliphatic heterocycles. The highest BCUT2D eigenvalue weighted by molar-refractivity contribution is 7.89. The standard InChI is InChI=1S/C16H25NO4S/c1-4-5-8-22(18,19)17-11-13-7-6-12-9-15(20-2)16(21-3)10-14(12)13/h9-10,13,17H,4-8,11H2,1-3H3. The van der Waals surface area contributed by atoms with Crippen molar-refractivity contribution in [2.45, 2.75) is 38.5 Å². The first-order valence-electron chi connectivity index (χ1n) is 7.72. The van der Waals surface area contributed by atoms with E-state index in [9.17, 15) is 8.42 Å². The minimum Gasteiger partial charge on any atom is -0.493 e. The quantitative estimate of drug-likeness (QED) is 0.796. The maximum atomic E-state index is 11.9. The second kappa shape index (κ2) is 7.33. The van der Waals surface area contributed by atoms with Crippen LogP contribution >= 0.6 is 0 Å². The molecule has 1 aliphatic rings. The Labute approximate surface area is 133 Å². The predicted octanol–water partition coefficient (Wildman–Crippen LogP) is 2.45. The Bertz CT molecular complexity index is 613. The third-order valence-electron chi connectivity index (χ3n) is 4.16. The Balaban J connectivity index is 2.09. The van der Waals surface area contributed by atoms with Crippen molar-refractivity contribution >= 4 is 10.0 Å². The average molecular weight is 327 g/mol. The van der Waals surface area contributed by atoms with Crippen LogP contribution < -0.4 is 14.2 Å². The summed E-state index contributed by atoms with van der Waals surface area (Å²) in [5.74, 6) is 1.83. The minimum absolute atomic E-state index is 0.200. The number of hydrogen-bond donors (Lipinski definition) is 1. The molecule has 5 nitrogen and oxygen atoms in total. The molecule has 0 amide bonds. The molecule has 0 spiro atoms. The second-order valence-electron chi connectivity index (χ2n) is 5.66. The van der Waals surface area contributed by atoms with Gasteiger partial charge in [0.05, 0.1) is 20.0 Å². The van der Waals surface area contributed by atoms with E-state index in [1.54, 1.807) is 14.2 Å². The second-order valence-corrected chi connectivity index (χ2v) is 7.59. The molecule has 1 aliphatic carbocycles. The predicted molar refractivity (Wildman–Crippen MR) is 87.3 cm³/mol. The van der Waals surface area contributed by atoms with Crippen LogP contribution in [-0.2, 0) is 16.4 Å². The summed E-state index contributed by atoms with van der Waals surface area (Å²) in [5, 5.41) is 0. The zero-order valence-electron chi connectivity index (χ0n) is 13.5. The molecule has 1 N–H and O–H groups in total. The van der Waals surface area contributed by atoms with Crippen molar-refractivity contribution in [3.63, 3.8) is 0 Å². The van der Waals surface area contributed by atoms with Gasteiger partial charge in [0.1, 0.15) is 0 Å². The molecule has 1 aromatic rings. The SMILES string of the molecule is CCCCS(=O)(=O)NCC1CCc2cc(OC)c(OC)cc21. The third kappa shape index (κ3) is 3.93. The van der Waals surface area contributed by atoms with Crippen molar-refractivity contribution in [3.8, 4) is 11.5 Å². The highest BCUT2D eigenvalue weighted by Gasteiger charge is 2.26. The molecule has 0 bridgehead atoms. The lowest BCUT2D eigenvalue weighted by Crippen LogP contribution is -2.30. The molecule has 1 aromatic carbocycles. The van der Waals surface area contributed by atoms with E-state index in [0.717, 1.165) is 30.6 Å². The van der Waals surface area contributed by atoms with Crippen molar-refractivity contribution in [1.82, 2.24) is 4.72 Å². The van der Waals surface area contributed by atoms with E-state index in [-0.39, 0.29) is 11.7 Å². The first-order chi connectivity index (χ1) is 10.5. The van der Waals surface area contributed by atoms with Gasteiger partial charge in [-0.15, -0.1) is 0 Å². The summed E-state index contributed by atoms with van der Waals surface area (Å²) in [7, 11) is 0.0681. The smallest absolute Gasteiger partial charge is 0.211 e. The van der Waals surface area contributed by atoms with Crippen LogP contribution in [0.4, 0.5) is 0 Å². The molecule has 1 atom stereocenters. The number of ether oxygens (including phenoxy) is 2. The fourth-order valence-corrected chi connectivity index (χ4v) is 4.13. The molecule has 0 aromatic heterocycles. The van der Waals surface area contributed by atoms with E-state index in [1.165, 1.54) is 5.56 Å². The van der Waals surface area contributed by atoms with Gasteiger partial charge in [0, 0.05) is 6.54 Å². The van der Waals surface area contributed by atoms with Gasteiger partial charge in [0.2, 0.25) is 10.0 Å². The van der Waals surface area contributed by atoms with Crippen LogP contribution in [0.15, 0.2) is 12.1 Å². The molecule has 0 radical (unpaired) electrons. The Morgan fingerprint density at radius 1 is 1.23 bits per heavy atom. The van der Waals surface area contributed by atoms with Crippen LogP contribution in [0.5, 0.6) is 11.5 Å². The van der Waals surface area contributed by atoms with Crippen LogP contribution in [0.1, 0.15) is 43.2 Å². The lowest BCUT2D eigenvalue weighted by atomic mass is 10.0. The molecule has 0 saturated carbocycles. The molecule has 6 heteroatoms. The first kappa shape index (κ1) is 17.1. The van der Waals surface area contributed by atoms with Gasteiger partial charge in [-0.2, -0.15) is 0 Å². The molecular weight excluding hydrogens is 302 g/mol. The zero-order valence-corrected chi connectivity index (χ0v) is 14.3. The van der Waals surface area contributed by atoms with Crippen molar-refractivity contribution in [2.24, 2.45) is 0 Å². The third-order valence-corrected chi connectivity index (χ3v) is 5.60. The van der Waals surface area contributed by atoms with Crippen LogP contribution in [0.25, 0.3) is 0 Å². The van der Waals surface area contributed by atoms with Crippen LogP contribution in [0, 0.1) is 0 Å². The summed E-state index contributed by atoms with van der Waals surface area (Å²) in [4.78, 5) is 0. The van der Waals surface area contributed by atoms with Crippen molar-refractivity contribution < 1.29 is 17.9 Å². The summed E-state index contributed by atoms with van der Waals surface area (Å²) >= 11 is 0. The number of unbranched alkanes of at least 4 members (excludes halogenated alkanes) is 1. The normalized spacial score (nSPS) is 17.3. The number of sulfonamides is 1. The highest BCUT2D eigenvalue weighted by Crippen LogP contribution is 2.40. The number of nitrogens with one attached hydrogen (secondary N) is 1. The van der Waals surface area contributed by atoms with E-state index in [0.29, 0.717) is 18.7 Å². The van der Waals surface area contributed by atoms with Gasteiger partial charge >= 0.3 is 0 Å². The zero-order chi connectivity index (χ0) is 16.2. The summed E-state index contributed by atoms with van der Waals surface area (Å²) in [5.41, 5.74) is 2.38. The summed E-state index contributed by atoms with van der Waals surface area (Å²) in [6.45, 7) is 2.44. The maximum absolute atomic E-state index is 11.9. The summed E-state index contributed by atoms with van der Waals surface area (Å²) < 4.78 is 37.3. The molecule has 0 fully saturated rings. The van der Waals surface area contributed by atoms with Crippen molar-refractivity contribution in [3.05, 3.63) is 23.3 Å². The Hall–Kier alpha value is -1.27. The maximum Gasteiger partial charge on any atom is 0.211 e. The highest BCUT2D eigenvalue weighted by atomic mass is 32.2. The lowest BCUT2D eigenvalue weighted by molar-refractivity contribution is 0.354. The van der Waals surface area contributed by atoms with Gasteiger partial charge in [-0.3, -0.25) is 0 Å². The van der Waals surface area contributed by atoms with Gasteiger partial charge in [-0.1, -0.05) is 13.3 Å². The van der Waals surface area contributed by atoms with Crippen LogP contribution in [0.3, 0.4) is 0 Å². The number of methoxy groups -OCH3 is 2. The van der Waals surface area contributed by atoms with E-state index in [1.807, 2.05) is 19.1 Å². The lowest BCUT2D eigenvalue weighted by Gasteiger charge is -2.15. The van der Waals surface area contributed by atoms with E-state index in [4.69, 9.17) is 9.47 Å².